The fraction of sp³-hybridized carbons (Fsp3) is 0.0909. The summed E-state index contributed by atoms with van der Waals surface area (Å²) in [4.78, 5) is 28.7. The van der Waals surface area contributed by atoms with E-state index in [0.717, 1.165) is 33.1 Å². The van der Waals surface area contributed by atoms with E-state index in [9.17, 15) is 9.59 Å². The van der Waals surface area contributed by atoms with Crippen LogP contribution in [0.1, 0.15) is 11.1 Å². The number of carbonyl (C=O) groups is 2. The molecule has 0 unspecified atom stereocenters. The molecule has 2 N–H and O–H groups in total. The van der Waals surface area contributed by atoms with Gasteiger partial charge < -0.3 is 14.3 Å². The third-order valence-corrected chi connectivity index (χ3v) is 5.26. The molecule has 28 heavy (non-hydrogen) atoms. The maximum absolute atomic E-state index is 12.8. The summed E-state index contributed by atoms with van der Waals surface area (Å²) >= 11 is 0. The molecule has 0 spiro atoms. The van der Waals surface area contributed by atoms with E-state index < -0.39 is 0 Å². The third kappa shape index (κ3) is 2.21. The van der Waals surface area contributed by atoms with Crippen molar-refractivity contribution in [2.24, 2.45) is 7.05 Å². The van der Waals surface area contributed by atoms with Gasteiger partial charge in [0.15, 0.2) is 0 Å². The van der Waals surface area contributed by atoms with Gasteiger partial charge >= 0.3 is 0 Å². The van der Waals surface area contributed by atoms with E-state index in [1.807, 2.05) is 60.3 Å². The number of aryl methyl sites for hydroxylation is 1. The summed E-state index contributed by atoms with van der Waals surface area (Å²) in [5.74, 6) is -0.0462. The number of H-pyrrole nitrogens is 1. The second-order valence-corrected chi connectivity index (χ2v) is 6.82. The maximum Gasteiger partial charge on any atom is 0.259 e. The highest BCUT2D eigenvalue weighted by Gasteiger charge is 2.34. The molecule has 0 atom stereocenters. The lowest BCUT2D eigenvalue weighted by molar-refractivity contribution is -0.122. The molecule has 0 bridgehead atoms. The number of imide groups is 1. The lowest BCUT2D eigenvalue weighted by Gasteiger charge is -2.08. The predicted octanol–water partition coefficient (Wildman–Crippen LogP) is 3.24. The monoisotopic (exact) mass is 371 g/mol. The highest BCUT2D eigenvalue weighted by molar-refractivity contribution is 6.50. The molecule has 138 valence electrons. The SMILES string of the molecule is COc1ccc2c(C3=C(c4cccc5ccn(C)c45)C(=O)NC3=O)c[nH]c2c1. The molecule has 3 heterocycles. The first kappa shape index (κ1) is 16.4. The molecule has 1 aliphatic rings. The van der Waals surface area contributed by atoms with Crippen molar-refractivity contribution < 1.29 is 14.3 Å². The van der Waals surface area contributed by atoms with Crippen molar-refractivity contribution in [3.05, 3.63) is 66.0 Å². The molecule has 6 nitrogen and oxygen atoms in total. The van der Waals surface area contributed by atoms with Gasteiger partial charge in [-0.25, -0.2) is 0 Å². The number of nitrogens with one attached hydrogen (secondary N) is 2. The largest absolute Gasteiger partial charge is 0.497 e. The minimum absolute atomic E-state index is 0.378. The zero-order chi connectivity index (χ0) is 19.4. The van der Waals surface area contributed by atoms with Crippen LogP contribution >= 0.6 is 0 Å². The van der Waals surface area contributed by atoms with Gasteiger partial charge in [0.2, 0.25) is 0 Å². The molecule has 5 rings (SSSR count). The number of aromatic amines is 1. The van der Waals surface area contributed by atoms with E-state index in [1.165, 1.54) is 0 Å². The highest BCUT2D eigenvalue weighted by atomic mass is 16.5. The molecular formula is C22H17N3O3. The van der Waals surface area contributed by atoms with Crippen molar-refractivity contribution >= 4 is 44.8 Å². The van der Waals surface area contributed by atoms with Crippen LogP contribution in [0, 0.1) is 0 Å². The minimum Gasteiger partial charge on any atom is -0.497 e. The van der Waals surface area contributed by atoms with E-state index in [0.29, 0.717) is 16.7 Å². The molecule has 0 aliphatic carbocycles. The summed E-state index contributed by atoms with van der Waals surface area (Å²) in [6, 6.07) is 13.4. The molecule has 2 aromatic heterocycles. The number of carbonyl (C=O) groups excluding carboxylic acids is 2. The number of ether oxygens (including phenoxy) is 1. The van der Waals surface area contributed by atoms with Gasteiger partial charge in [0.1, 0.15) is 5.75 Å². The summed E-state index contributed by atoms with van der Waals surface area (Å²) < 4.78 is 7.23. The smallest absolute Gasteiger partial charge is 0.259 e. The normalized spacial score (nSPS) is 14.4. The Hall–Kier alpha value is -3.80. The van der Waals surface area contributed by atoms with Gasteiger partial charge in [-0.2, -0.15) is 0 Å². The minimum atomic E-state index is -0.386. The molecule has 6 heteroatoms. The Labute approximate surface area is 160 Å². The van der Waals surface area contributed by atoms with Crippen LogP contribution in [0.4, 0.5) is 0 Å². The topological polar surface area (TPSA) is 76.1 Å². The Balaban J connectivity index is 1.83. The summed E-state index contributed by atoms with van der Waals surface area (Å²) in [7, 11) is 3.54. The summed E-state index contributed by atoms with van der Waals surface area (Å²) in [6.07, 6.45) is 3.71. The van der Waals surface area contributed by atoms with Crippen LogP contribution in [0.15, 0.2) is 54.9 Å². The van der Waals surface area contributed by atoms with Gasteiger partial charge in [0, 0.05) is 52.9 Å². The predicted molar refractivity (Wildman–Crippen MR) is 108 cm³/mol. The first-order chi connectivity index (χ1) is 13.6. The molecule has 2 aromatic carbocycles. The molecule has 0 saturated carbocycles. The van der Waals surface area contributed by atoms with Crippen molar-refractivity contribution in [2.75, 3.05) is 7.11 Å². The number of rotatable bonds is 3. The van der Waals surface area contributed by atoms with E-state index in [4.69, 9.17) is 4.74 Å². The van der Waals surface area contributed by atoms with Crippen molar-refractivity contribution in [3.8, 4) is 5.75 Å². The molecule has 0 fully saturated rings. The average Bonchev–Trinajstić information content (AvgIpc) is 3.36. The van der Waals surface area contributed by atoms with Crippen molar-refractivity contribution in [2.45, 2.75) is 0 Å². The Bertz CT molecular complexity index is 1320. The first-order valence-corrected chi connectivity index (χ1v) is 8.88. The molecule has 0 radical (unpaired) electrons. The number of hydrogen-bond acceptors (Lipinski definition) is 3. The van der Waals surface area contributed by atoms with Crippen LogP contribution in [-0.2, 0) is 16.6 Å². The number of aromatic nitrogens is 2. The van der Waals surface area contributed by atoms with E-state index in [2.05, 4.69) is 10.3 Å². The number of amides is 2. The quantitative estimate of drug-likeness (QED) is 0.543. The fourth-order valence-corrected chi connectivity index (χ4v) is 3.97. The van der Waals surface area contributed by atoms with Crippen LogP contribution in [0.5, 0.6) is 5.75 Å². The second-order valence-electron chi connectivity index (χ2n) is 6.82. The van der Waals surface area contributed by atoms with Crippen LogP contribution in [0.2, 0.25) is 0 Å². The second kappa shape index (κ2) is 5.85. The van der Waals surface area contributed by atoms with Gasteiger partial charge in [0.05, 0.1) is 23.8 Å². The molecule has 4 aromatic rings. The van der Waals surface area contributed by atoms with Crippen LogP contribution in [-0.4, -0.2) is 28.5 Å². The van der Waals surface area contributed by atoms with Gasteiger partial charge in [-0.3, -0.25) is 14.9 Å². The first-order valence-electron chi connectivity index (χ1n) is 8.88. The van der Waals surface area contributed by atoms with Crippen LogP contribution in [0.3, 0.4) is 0 Å². The molecule has 2 amide bonds. The Morgan fingerprint density at radius 2 is 1.75 bits per heavy atom. The van der Waals surface area contributed by atoms with E-state index in [-0.39, 0.29) is 11.8 Å². The summed E-state index contributed by atoms with van der Waals surface area (Å²) in [5, 5.41) is 4.34. The Morgan fingerprint density at radius 1 is 0.964 bits per heavy atom. The third-order valence-electron chi connectivity index (χ3n) is 5.26. The van der Waals surface area contributed by atoms with Crippen LogP contribution in [0.25, 0.3) is 33.0 Å². The lowest BCUT2D eigenvalue weighted by atomic mass is 9.94. The van der Waals surface area contributed by atoms with E-state index in [1.54, 1.807) is 13.3 Å². The molecule has 1 aliphatic heterocycles. The highest BCUT2D eigenvalue weighted by Crippen LogP contribution is 2.38. The fourth-order valence-electron chi connectivity index (χ4n) is 3.97. The molecular weight excluding hydrogens is 354 g/mol. The van der Waals surface area contributed by atoms with Gasteiger partial charge in [-0.1, -0.05) is 18.2 Å². The Morgan fingerprint density at radius 3 is 2.54 bits per heavy atom. The zero-order valence-corrected chi connectivity index (χ0v) is 15.4. The lowest BCUT2D eigenvalue weighted by Crippen LogP contribution is -2.22. The van der Waals surface area contributed by atoms with Gasteiger partial charge in [0.25, 0.3) is 11.8 Å². The number of para-hydroxylation sites is 1. The number of methoxy groups -OCH3 is 1. The van der Waals surface area contributed by atoms with Crippen molar-refractivity contribution in [1.29, 1.82) is 0 Å². The van der Waals surface area contributed by atoms with Crippen molar-refractivity contribution in [1.82, 2.24) is 14.9 Å². The molecule has 0 saturated heterocycles. The zero-order valence-electron chi connectivity index (χ0n) is 15.4. The van der Waals surface area contributed by atoms with Crippen molar-refractivity contribution in [3.63, 3.8) is 0 Å². The maximum atomic E-state index is 12.8. The van der Waals surface area contributed by atoms with E-state index >= 15 is 0 Å². The van der Waals surface area contributed by atoms with Gasteiger partial charge in [-0.05, 0) is 18.2 Å². The summed E-state index contributed by atoms with van der Waals surface area (Å²) in [5.41, 5.74) is 3.98. The van der Waals surface area contributed by atoms with Crippen LogP contribution < -0.4 is 10.1 Å². The van der Waals surface area contributed by atoms with Gasteiger partial charge in [-0.15, -0.1) is 0 Å². The number of benzene rings is 2. The summed E-state index contributed by atoms with van der Waals surface area (Å²) in [6.45, 7) is 0. The number of fused-ring (bicyclic) bond motifs is 2. The average molecular weight is 371 g/mol. The standard InChI is InChI=1S/C22H17N3O3/c1-25-9-8-12-4-3-5-15(20(12)25)18-19(22(27)24-21(18)26)16-11-23-17-10-13(28-2)6-7-14(16)17/h3-11,23H,1-2H3,(H,24,26,27). The Kier molecular flexibility index (Phi) is 3.42. The number of nitrogens with zero attached hydrogens (tertiary/aromatic N) is 1. The number of hydrogen-bond donors (Lipinski definition) is 2.